The van der Waals surface area contributed by atoms with Gasteiger partial charge in [0.1, 0.15) is 0 Å². The van der Waals surface area contributed by atoms with E-state index in [0.717, 1.165) is 6.54 Å². The summed E-state index contributed by atoms with van der Waals surface area (Å²) >= 11 is 1.87. The van der Waals surface area contributed by atoms with Gasteiger partial charge in [-0.15, -0.1) is 11.3 Å². The lowest BCUT2D eigenvalue weighted by Crippen LogP contribution is -2.22. The van der Waals surface area contributed by atoms with Crippen molar-refractivity contribution in [2.45, 2.75) is 53.0 Å². The summed E-state index contributed by atoms with van der Waals surface area (Å²) < 4.78 is 0. The molecule has 16 heavy (non-hydrogen) atoms. The van der Waals surface area contributed by atoms with Crippen LogP contribution in [0.25, 0.3) is 0 Å². The summed E-state index contributed by atoms with van der Waals surface area (Å²) in [6, 6.07) is 4.96. The van der Waals surface area contributed by atoms with E-state index in [1.54, 1.807) is 0 Å². The van der Waals surface area contributed by atoms with Crippen LogP contribution in [0.1, 0.15) is 57.9 Å². The Morgan fingerprint density at radius 3 is 2.62 bits per heavy atom. The van der Waals surface area contributed by atoms with Crippen molar-refractivity contribution in [3.8, 4) is 0 Å². The van der Waals surface area contributed by atoms with Crippen LogP contribution in [-0.2, 0) is 0 Å². The van der Waals surface area contributed by atoms with Crippen molar-refractivity contribution >= 4 is 11.3 Å². The summed E-state index contributed by atoms with van der Waals surface area (Å²) in [5.41, 5.74) is 0.434. The van der Waals surface area contributed by atoms with Gasteiger partial charge in [0.2, 0.25) is 0 Å². The number of thiophene rings is 1. The lowest BCUT2D eigenvalue weighted by Gasteiger charge is -2.23. The molecule has 0 aliphatic carbocycles. The molecule has 92 valence electrons. The highest BCUT2D eigenvalue weighted by Gasteiger charge is 2.16. The van der Waals surface area contributed by atoms with Crippen molar-refractivity contribution in [3.63, 3.8) is 0 Å². The zero-order valence-electron chi connectivity index (χ0n) is 11.0. The monoisotopic (exact) mass is 239 g/mol. The van der Waals surface area contributed by atoms with E-state index in [-0.39, 0.29) is 0 Å². The highest BCUT2D eigenvalue weighted by molar-refractivity contribution is 7.10. The number of nitrogens with one attached hydrogen (secondary N) is 1. The molecule has 1 heterocycles. The zero-order valence-corrected chi connectivity index (χ0v) is 11.9. The molecule has 0 aliphatic heterocycles. The molecule has 1 rings (SSSR count). The highest BCUT2D eigenvalue weighted by Crippen LogP contribution is 2.29. The van der Waals surface area contributed by atoms with Crippen molar-refractivity contribution in [3.05, 3.63) is 22.4 Å². The van der Waals surface area contributed by atoms with E-state index in [4.69, 9.17) is 0 Å². The first-order chi connectivity index (χ1) is 7.53. The molecule has 1 unspecified atom stereocenters. The molecular weight excluding hydrogens is 214 g/mol. The Morgan fingerprint density at radius 1 is 1.38 bits per heavy atom. The number of hydrogen-bond donors (Lipinski definition) is 1. The van der Waals surface area contributed by atoms with Gasteiger partial charge in [0.05, 0.1) is 0 Å². The maximum Gasteiger partial charge on any atom is 0.0414 e. The molecule has 1 aromatic rings. The summed E-state index contributed by atoms with van der Waals surface area (Å²) in [7, 11) is 0. The Kier molecular flexibility index (Phi) is 5.50. The highest BCUT2D eigenvalue weighted by atomic mass is 32.1. The average molecular weight is 239 g/mol. The Hall–Kier alpha value is -0.340. The van der Waals surface area contributed by atoms with Gasteiger partial charge in [-0.3, -0.25) is 0 Å². The van der Waals surface area contributed by atoms with E-state index < -0.39 is 0 Å². The molecule has 0 bridgehead atoms. The second-order valence-electron chi connectivity index (χ2n) is 5.62. The van der Waals surface area contributed by atoms with Crippen LogP contribution in [-0.4, -0.2) is 6.54 Å². The van der Waals surface area contributed by atoms with E-state index in [2.05, 4.69) is 50.5 Å². The fraction of sp³-hybridized carbons (Fsp3) is 0.714. The van der Waals surface area contributed by atoms with Crippen LogP contribution < -0.4 is 5.32 Å². The molecular formula is C14H25NS. The molecule has 0 saturated heterocycles. The zero-order chi connectivity index (χ0) is 12.0. The normalized spacial score (nSPS) is 14.0. The fourth-order valence-corrected chi connectivity index (χ4v) is 2.57. The van der Waals surface area contributed by atoms with Crippen molar-refractivity contribution in [2.75, 3.05) is 6.54 Å². The molecule has 0 spiro atoms. The van der Waals surface area contributed by atoms with E-state index >= 15 is 0 Å². The fourth-order valence-electron chi connectivity index (χ4n) is 1.73. The topological polar surface area (TPSA) is 12.0 Å². The van der Waals surface area contributed by atoms with E-state index in [1.807, 2.05) is 11.3 Å². The standard InChI is InChI=1S/C14H25NS/c1-5-10-15-12(8-9-14(2,3)4)13-7-6-11-16-13/h6-7,11-12,15H,5,8-10H2,1-4H3. The molecule has 0 aliphatic rings. The number of hydrogen-bond acceptors (Lipinski definition) is 2. The third-order valence-electron chi connectivity index (χ3n) is 2.71. The number of rotatable bonds is 6. The second kappa shape index (κ2) is 6.41. The van der Waals surface area contributed by atoms with Crippen LogP contribution in [0.4, 0.5) is 0 Å². The van der Waals surface area contributed by atoms with Crippen molar-refractivity contribution < 1.29 is 0 Å². The molecule has 0 amide bonds. The first-order valence-electron chi connectivity index (χ1n) is 6.29. The molecule has 2 heteroatoms. The third-order valence-corrected chi connectivity index (χ3v) is 3.70. The quantitative estimate of drug-likeness (QED) is 0.764. The first kappa shape index (κ1) is 13.7. The SMILES string of the molecule is CCCNC(CCC(C)(C)C)c1cccs1. The lowest BCUT2D eigenvalue weighted by atomic mass is 9.88. The molecule has 1 nitrogen and oxygen atoms in total. The van der Waals surface area contributed by atoms with Gasteiger partial charge in [-0.1, -0.05) is 33.8 Å². The van der Waals surface area contributed by atoms with Crippen LogP contribution in [0.5, 0.6) is 0 Å². The van der Waals surface area contributed by atoms with E-state index in [0.29, 0.717) is 11.5 Å². The van der Waals surface area contributed by atoms with E-state index in [9.17, 15) is 0 Å². The molecule has 0 radical (unpaired) electrons. The molecule has 0 fully saturated rings. The Labute approximate surface area is 104 Å². The third kappa shape index (κ3) is 5.13. The van der Waals surface area contributed by atoms with Crippen molar-refractivity contribution in [1.29, 1.82) is 0 Å². The molecule has 1 aromatic heterocycles. The van der Waals surface area contributed by atoms with Crippen LogP contribution in [0, 0.1) is 5.41 Å². The minimum absolute atomic E-state index is 0.434. The maximum absolute atomic E-state index is 3.65. The van der Waals surface area contributed by atoms with Gasteiger partial charge in [0.25, 0.3) is 0 Å². The van der Waals surface area contributed by atoms with Crippen LogP contribution in [0.3, 0.4) is 0 Å². The summed E-state index contributed by atoms with van der Waals surface area (Å²) in [4.78, 5) is 1.48. The predicted octanol–water partition coefficient (Wildman–Crippen LogP) is 4.62. The summed E-state index contributed by atoms with van der Waals surface area (Å²) in [5, 5.41) is 5.83. The van der Waals surface area contributed by atoms with Gasteiger partial charge < -0.3 is 5.32 Å². The van der Waals surface area contributed by atoms with Gasteiger partial charge in [0.15, 0.2) is 0 Å². The van der Waals surface area contributed by atoms with Crippen molar-refractivity contribution in [1.82, 2.24) is 5.32 Å². The predicted molar refractivity (Wildman–Crippen MR) is 74.0 cm³/mol. The second-order valence-corrected chi connectivity index (χ2v) is 6.60. The molecule has 0 saturated carbocycles. The van der Waals surface area contributed by atoms with Gasteiger partial charge >= 0.3 is 0 Å². The van der Waals surface area contributed by atoms with Crippen LogP contribution in [0.2, 0.25) is 0 Å². The van der Waals surface area contributed by atoms with Crippen LogP contribution >= 0.6 is 11.3 Å². The Balaban J connectivity index is 2.51. The molecule has 0 aromatic carbocycles. The Bertz CT molecular complexity index is 271. The lowest BCUT2D eigenvalue weighted by molar-refractivity contribution is 0.333. The van der Waals surface area contributed by atoms with E-state index in [1.165, 1.54) is 24.1 Å². The molecule has 1 N–H and O–H groups in total. The molecule has 1 atom stereocenters. The van der Waals surface area contributed by atoms with Gasteiger partial charge in [-0.05, 0) is 42.7 Å². The largest absolute Gasteiger partial charge is 0.309 e. The maximum atomic E-state index is 3.65. The van der Waals surface area contributed by atoms with Crippen molar-refractivity contribution in [2.24, 2.45) is 5.41 Å². The first-order valence-corrected chi connectivity index (χ1v) is 7.17. The summed E-state index contributed by atoms with van der Waals surface area (Å²) in [6.07, 6.45) is 3.72. The van der Waals surface area contributed by atoms with Crippen LogP contribution in [0.15, 0.2) is 17.5 Å². The minimum atomic E-state index is 0.434. The summed E-state index contributed by atoms with van der Waals surface area (Å²) in [5.74, 6) is 0. The van der Waals surface area contributed by atoms with Gasteiger partial charge in [-0.25, -0.2) is 0 Å². The van der Waals surface area contributed by atoms with Gasteiger partial charge in [0, 0.05) is 10.9 Å². The summed E-state index contributed by atoms with van der Waals surface area (Å²) in [6.45, 7) is 10.3. The average Bonchev–Trinajstić information content (AvgIpc) is 2.69. The minimum Gasteiger partial charge on any atom is -0.309 e. The Morgan fingerprint density at radius 2 is 2.12 bits per heavy atom. The van der Waals surface area contributed by atoms with Gasteiger partial charge in [-0.2, -0.15) is 0 Å². The smallest absolute Gasteiger partial charge is 0.0414 e.